The van der Waals surface area contributed by atoms with Gasteiger partial charge in [-0.3, -0.25) is 14.4 Å². The molecule has 3 amide bonds. The van der Waals surface area contributed by atoms with Gasteiger partial charge in [0.15, 0.2) is 0 Å². The van der Waals surface area contributed by atoms with Gasteiger partial charge in [-0.2, -0.15) is 0 Å². The van der Waals surface area contributed by atoms with Crippen LogP contribution >= 0.6 is 11.8 Å². The van der Waals surface area contributed by atoms with Gasteiger partial charge in [0.25, 0.3) is 0 Å². The van der Waals surface area contributed by atoms with E-state index in [9.17, 15) is 9.90 Å². The summed E-state index contributed by atoms with van der Waals surface area (Å²) in [6, 6.07) is 15.7. The van der Waals surface area contributed by atoms with Crippen LogP contribution in [0, 0.1) is 17.3 Å². The molecule has 270 valence electrons. The van der Waals surface area contributed by atoms with Gasteiger partial charge in [-0.25, -0.2) is 0 Å². The molecule has 0 aliphatic carbocycles. The van der Waals surface area contributed by atoms with Crippen LogP contribution in [0.15, 0.2) is 79.9 Å². The van der Waals surface area contributed by atoms with Crippen molar-refractivity contribution in [1.29, 1.82) is 0 Å². The van der Waals surface area contributed by atoms with Gasteiger partial charge in [0, 0.05) is 29.6 Å². The summed E-state index contributed by atoms with van der Waals surface area (Å²) >= 11 is 1.65. The van der Waals surface area contributed by atoms with Crippen LogP contribution in [-0.4, -0.2) is 86.6 Å². The second-order valence-corrected chi connectivity index (χ2v) is 17.4. The Morgan fingerprint density at radius 2 is 1.70 bits per heavy atom. The lowest BCUT2D eigenvalue weighted by Gasteiger charge is -2.46. The van der Waals surface area contributed by atoms with Gasteiger partial charge >= 0.3 is 0 Å². The Balaban J connectivity index is 1.60. The van der Waals surface area contributed by atoms with Gasteiger partial charge < -0.3 is 24.5 Å². The van der Waals surface area contributed by atoms with Crippen LogP contribution < -0.4 is 9.64 Å². The zero-order chi connectivity index (χ0) is 36.4. The first-order chi connectivity index (χ1) is 23.7. The lowest BCUT2D eigenvalue weighted by Crippen LogP contribution is -2.62. The number of carbonyl (C=O) groups is 3. The van der Waals surface area contributed by atoms with E-state index in [0.717, 1.165) is 18.4 Å². The molecule has 2 aromatic rings. The summed E-state index contributed by atoms with van der Waals surface area (Å²) < 4.78 is 4.83. The molecule has 3 heterocycles. The van der Waals surface area contributed by atoms with E-state index in [0.29, 0.717) is 37.4 Å². The molecule has 3 fully saturated rings. The second kappa shape index (κ2) is 15.0. The van der Waals surface area contributed by atoms with Crippen molar-refractivity contribution in [3.8, 4) is 5.75 Å². The number of aliphatic hydroxyl groups is 1. The first-order valence-electron chi connectivity index (χ1n) is 17.9. The molecule has 5 rings (SSSR count). The zero-order valence-corrected chi connectivity index (χ0v) is 31.5. The molecular weight excluding hydrogens is 647 g/mol. The molecule has 2 bridgehead atoms. The normalized spacial score (nSPS) is 24.9. The molecule has 3 aliphatic rings. The SMILES string of the molecule is C=CCN(C(=O)[C@@H]1[C@H]2C(=O)N([C@@H](CO)Cc3ccccc3)C(C(=O)N(CC=C)C(C)(C)CC(C)(C)C)C23CC[C@H]1S3)c1ccc(OCC)cc1. The minimum Gasteiger partial charge on any atom is -0.494 e. The molecule has 1 spiro atoms. The van der Waals surface area contributed by atoms with Crippen LogP contribution in [0.3, 0.4) is 0 Å². The molecule has 50 heavy (non-hydrogen) atoms. The standard InChI is InChI=1S/C41H55N3O5S/c1-9-23-42(29-17-19-31(20-18-29)49-11-3)36(46)33-32-21-22-41(50-32)34(33)37(47)44(30(26-45)25-28-15-13-12-14-16-28)35(41)38(48)43(24-10-2)40(7,8)27-39(4,5)6/h9-10,12-20,30,32-35,45H,1-2,11,21-27H2,3-8H3/t30-,32-,33+,34+,35?,41?/m1/s1. The van der Waals surface area contributed by atoms with Gasteiger partial charge in [0.05, 0.1) is 35.8 Å². The van der Waals surface area contributed by atoms with E-state index >= 15 is 9.59 Å². The summed E-state index contributed by atoms with van der Waals surface area (Å²) in [4.78, 5) is 50.5. The Labute approximate surface area is 302 Å². The van der Waals surface area contributed by atoms with Crippen LogP contribution in [-0.2, 0) is 20.8 Å². The predicted molar refractivity (Wildman–Crippen MR) is 202 cm³/mol. The molecule has 2 aromatic carbocycles. The Bertz CT molecular complexity index is 1550. The number of rotatable bonds is 15. The summed E-state index contributed by atoms with van der Waals surface area (Å²) in [5.74, 6) is -1.12. The molecule has 8 nitrogen and oxygen atoms in total. The monoisotopic (exact) mass is 701 g/mol. The number of amides is 3. The Morgan fingerprint density at radius 1 is 1.04 bits per heavy atom. The second-order valence-electron chi connectivity index (χ2n) is 15.8. The fourth-order valence-corrected chi connectivity index (χ4v) is 11.2. The maximum Gasteiger partial charge on any atom is 0.247 e. The van der Waals surface area contributed by atoms with Crippen molar-refractivity contribution < 1.29 is 24.2 Å². The van der Waals surface area contributed by atoms with Crippen molar-refractivity contribution in [3.63, 3.8) is 0 Å². The lowest BCUT2D eigenvalue weighted by atomic mass is 9.70. The average Bonchev–Trinajstić information content (AvgIpc) is 3.71. The van der Waals surface area contributed by atoms with Crippen molar-refractivity contribution in [3.05, 3.63) is 85.5 Å². The zero-order valence-electron chi connectivity index (χ0n) is 30.6. The van der Waals surface area contributed by atoms with Crippen LogP contribution in [0.2, 0.25) is 0 Å². The minimum absolute atomic E-state index is 0.0658. The molecule has 0 saturated carbocycles. The third kappa shape index (κ3) is 7.13. The highest BCUT2D eigenvalue weighted by Gasteiger charge is 2.75. The van der Waals surface area contributed by atoms with E-state index in [4.69, 9.17) is 4.74 Å². The number of hydrogen-bond acceptors (Lipinski definition) is 6. The number of hydrogen-bond donors (Lipinski definition) is 1. The van der Waals surface area contributed by atoms with Crippen LogP contribution in [0.5, 0.6) is 5.75 Å². The highest BCUT2D eigenvalue weighted by atomic mass is 32.2. The van der Waals surface area contributed by atoms with Crippen molar-refractivity contribution in [2.24, 2.45) is 17.3 Å². The van der Waals surface area contributed by atoms with Crippen LogP contribution in [0.1, 0.15) is 66.4 Å². The quantitative estimate of drug-likeness (QED) is 0.213. The number of benzene rings is 2. The number of nitrogens with zero attached hydrogens (tertiary/aromatic N) is 3. The van der Waals surface area contributed by atoms with E-state index in [1.807, 2.05) is 66.4 Å². The minimum atomic E-state index is -0.841. The Hall–Kier alpha value is -3.56. The molecular formula is C41H55N3O5S. The number of ether oxygens (including phenoxy) is 1. The largest absolute Gasteiger partial charge is 0.494 e. The molecule has 9 heteroatoms. The van der Waals surface area contributed by atoms with Crippen LogP contribution in [0.25, 0.3) is 0 Å². The van der Waals surface area contributed by atoms with Crippen molar-refractivity contribution >= 4 is 35.2 Å². The smallest absolute Gasteiger partial charge is 0.247 e. The summed E-state index contributed by atoms with van der Waals surface area (Å²) in [7, 11) is 0. The third-order valence-electron chi connectivity index (χ3n) is 10.5. The van der Waals surface area contributed by atoms with Crippen molar-refractivity contribution in [1.82, 2.24) is 9.80 Å². The molecule has 2 unspecified atom stereocenters. The van der Waals surface area contributed by atoms with Gasteiger partial charge in [-0.15, -0.1) is 24.9 Å². The number of likely N-dealkylation sites (tertiary alicyclic amines) is 1. The maximum atomic E-state index is 15.3. The van der Waals surface area contributed by atoms with Crippen molar-refractivity contribution in [2.75, 3.05) is 31.2 Å². The molecule has 0 aromatic heterocycles. The molecule has 6 atom stereocenters. The van der Waals surface area contributed by atoms with Gasteiger partial charge in [0.1, 0.15) is 11.8 Å². The van der Waals surface area contributed by atoms with E-state index in [2.05, 4.69) is 47.8 Å². The Morgan fingerprint density at radius 3 is 2.28 bits per heavy atom. The fourth-order valence-electron chi connectivity index (χ4n) is 9.01. The third-order valence-corrected chi connectivity index (χ3v) is 12.4. The Kier molecular flexibility index (Phi) is 11.3. The van der Waals surface area contributed by atoms with Gasteiger partial charge in [0.2, 0.25) is 17.7 Å². The lowest BCUT2D eigenvalue weighted by molar-refractivity contribution is -0.149. The van der Waals surface area contributed by atoms with Gasteiger partial charge in [-0.05, 0) is 81.7 Å². The predicted octanol–water partition coefficient (Wildman–Crippen LogP) is 6.53. The fraction of sp³-hybridized carbons (Fsp3) is 0.537. The van der Waals surface area contributed by atoms with E-state index in [1.165, 1.54) is 0 Å². The van der Waals surface area contributed by atoms with E-state index < -0.39 is 34.2 Å². The van der Waals surface area contributed by atoms with E-state index in [1.54, 1.807) is 33.7 Å². The number of aliphatic hydroxyl groups excluding tert-OH is 1. The van der Waals surface area contributed by atoms with Crippen LogP contribution in [0.4, 0.5) is 5.69 Å². The van der Waals surface area contributed by atoms with Crippen molar-refractivity contribution in [2.45, 2.75) is 94.8 Å². The number of thioether (sulfide) groups is 1. The maximum absolute atomic E-state index is 15.3. The summed E-state index contributed by atoms with van der Waals surface area (Å²) in [6.45, 7) is 21.4. The molecule has 3 aliphatic heterocycles. The average molecular weight is 702 g/mol. The topological polar surface area (TPSA) is 90.4 Å². The van der Waals surface area contributed by atoms with Gasteiger partial charge in [-0.1, -0.05) is 63.3 Å². The highest BCUT2D eigenvalue weighted by Crippen LogP contribution is 2.67. The summed E-state index contributed by atoms with van der Waals surface area (Å²) in [6.07, 6.45) is 5.95. The summed E-state index contributed by atoms with van der Waals surface area (Å²) in [5.41, 5.74) is 1.05. The summed E-state index contributed by atoms with van der Waals surface area (Å²) in [5, 5.41) is 10.8. The number of fused-ring (bicyclic) bond motifs is 1. The first kappa shape index (κ1) is 37.7. The van der Waals surface area contributed by atoms with E-state index in [-0.39, 0.29) is 41.5 Å². The number of carbonyl (C=O) groups excluding carboxylic acids is 3. The molecule has 1 N–H and O–H groups in total. The highest BCUT2D eigenvalue weighted by molar-refractivity contribution is 8.02. The number of anilines is 1. The first-order valence-corrected chi connectivity index (χ1v) is 18.8. The molecule has 0 radical (unpaired) electrons. The molecule has 3 saturated heterocycles.